The predicted octanol–water partition coefficient (Wildman–Crippen LogP) is 5.14. The molecule has 19 heavy (non-hydrogen) atoms. The third-order valence-electron chi connectivity index (χ3n) is 2.74. The van der Waals surface area contributed by atoms with Crippen LogP contribution in [0.25, 0.3) is 0 Å². The summed E-state index contributed by atoms with van der Waals surface area (Å²) in [6, 6.07) is 13.4. The van der Waals surface area contributed by atoms with Crippen LogP contribution in [0.4, 0.5) is 5.69 Å². The Hall–Kier alpha value is -1.51. The Balaban J connectivity index is 2.18. The van der Waals surface area contributed by atoms with Crippen LogP contribution >= 0.6 is 23.2 Å². The molecule has 0 aliphatic rings. The minimum Gasteiger partial charge on any atom is -0.277 e. The highest BCUT2D eigenvalue weighted by Crippen LogP contribution is 2.25. The van der Waals surface area contributed by atoms with E-state index < -0.39 is 0 Å². The zero-order valence-corrected chi connectivity index (χ0v) is 12.3. The molecular weight excluding hydrogens is 279 g/mol. The predicted molar refractivity (Wildman–Crippen MR) is 83.5 cm³/mol. The van der Waals surface area contributed by atoms with Crippen molar-refractivity contribution in [3.63, 3.8) is 0 Å². The molecule has 98 valence electrons. The average molecular weight is 293 g/mol. The molecule has 0 bridgehead atoms. The number of aryl methyl sites for hydroxylation is 1. The lowest BCUT2D eigenvalue weighted by Gasteiger charge is -2.06. The molecule has 0 radical (unpaired) electrons. The van der Waals surface area contributed by atoms with Gasteiger partial charge in [0, 0.05) is 5.02 Å². The Kier molecular flexibility index (Phi) is 4.46. The molecule has 0 amide bonds. The Labute approximate surface area is 123 Å². The van der Waals surface area contributed by atoms with Gasteiger partial charge in [0.2, 0.25) is 0 Å². The van der Waals surface area contributed by atoms with Crippen LogP contribution in [-0.4, -0.2) is 5.71 Å². The van der Waals surface area contributed by atoms with Crippen molar-refractivity contribution in [3.05, 3.63) is 63.6 Å². The summed E-state index contributed by atoms with van der Waals surface area (Å²) in [7, 11) is 0. The summed E-state index contributed by atoms with van der Waals surface area (Å²) in [6.07, 6.45) is 0. The van der Waals surface area contributed by atoms with Crippen LogP contribution in [0.15, 0.2) is 47.6 Å². The molecule has 0 atom stereocenters. The van der Waals surface area contributed by atoms with Gasteiger partial charge in [-0.3, -0.25) is 5.43 Å². The van der Waals surface area contributed by atoms with E-state index in [9.17, 15) is 0 Å². The number of hydrogen-bond donors (Lipinski definition) is 1. The Morgan fingerprint density at radius 1 is 1.05 bits per heavy atom. The fraction of sp³-hybridized carbons (Fsp3) is 0.133. The van der Waals surface area contributed by atoms with Gasteiger partial charge in [0.05, 0.1) is 16.4 Å². The molecule has 2 aromatic rings. The number of anilines is 1. The summed E-state index contributed by atoms with van der Waals surface area (Å²) < 4.78 is 0. The van der Waals surface area contributed by atoms with Crippen LogP contribution in [0, 0.1) is 6.92 Å². The highest BCUT2D eigenvalue weighted by atomic mass is 35.5. The van der Waals surface area contributed by atoms with Gasteiger partial charge in [-0.05, 0) is 37.6 Å². The normalized spacial score (nSPS) is 11.5. The standard InChI is InChI=1S/C15H14Cl2N2/c1-10-3-5-12(6-4-10)11(2)18-19-15-9-13(16)7-8-14(15)17/h3-9,19H,1-2H3/b18-11-. The zero-order chi connectivity index (χ0) is 13.8. The lowest BCUT2D eigenvalue weighted by Crippen LogP contribution is -2.00. The lowest BCUT2D eigenvalue weighted by molar-refractivity contribution is 1.32. The Morgan fingerprint density at radius 3 is 2.42 bits per heavy atom. The van der Waals surface area contributed by atoms with Crippen LogP contribution in [0.2, 0.25) is 10.0 Å². The van der Waals surface area contributed by atoms with Crippen molar-refractivity contribution in [1.82, 2.24) is 0 Å². The van der Waals surface area contributed by atoms with Crippen LogP contribution in [0.3, 0.4) is 0 Å². The highest BCUT2D eigenvalue weighted by Gasteiger charge is 2.01. The zero-order valence-electron chi connectivity index (χ0n) is 10.7. The van der Waals surface area contributed by atoms with E-state index in [4.69, 9.17) is 23.2 Å². The third-order valence-corrected chi connectivity index (χ3v) is 3.31. The second kappa shape index (κ2) is 6.09. The highest BCUT2D eigenvalue weighted by molar-refractivity contribution is 6.35. The second-order valence-corrected chi connectivity index (χ2v) is 5.14. The summed E-state index contributed by atoms with van der Waals surface area (Å²) in [5, 5.41) is 5.53. The number of hydrazone groups is 1. The van der Waals surface area contributed by atoms with Gasteiger partial charge in [-0.1, -0.05) is 53.0 Å². The first-order chi connectivity index (χ1) is 9.06. The fourth-order valence-electron chi connectivity index (χ4n) is 1.59. The summed E-state index contributed by atoms with van der Waals surface area (Å²) >= 11 is 12.0. The molecule has 0 heterocycles. The summed E-state index contributed by atoms with van der Waals surface area (Å²) in [5.74, 6) is 0. The van der Waals surface area contributed by atoms with E-state index in [0.717, 1.165) is 11.3 Å². The van der Waals surface area contributed by atoms with E-state index in [0.29, 0.717) is 15.7 Å². The van der Waals surface area contributed by atoms with Crippen molar-refractivity contribution in [1.29, 1.82) is 0 Å². The number of hydrogen-bond acceptors (Lipinski definition) is 2. The van der Waals surface area contributed by atoms with Gasteiger partial charge in [-0.2, -0.15) is 5.10 Å². The van der Waals surface area contributed by atoms with E-state index in [-0.39, 0.29) is 0 Å². The van der Waals surface area contributed by atoms with Crippen molar-refractivity contribution in [3.8, 4) is 0 Å². The van der Waals surface area contributed by atoms with Crippen LogP contribution in [0.1, 0.15) is 18.1 Å². The van der Waals surface area contributed by atoms with E-state index in [2.05, 4.69) is 29.6 Å². The molecular formula is C15H14Cl2N2. The summed E-state index contributed by atoms with van der Waals surface area (Å²) in [6.45, 7) is 4.00. The first-order valence-electron chi connectivity index (χ1n) is 5.88. The van der Waals surface area contributed by atoms with Gasteiger partial charge >= 0.3 is 0 Å². The average Bonchev–Trinajstić information content (AvgIpc) is 2.40. The number of nitrogens with one attached hydrogen (secondary N) is 1. The van der Waals surface area contributed by atoms with Crippen molar-refractivity contribution >= 4 is 34.6 Å². The van der Waals surface area contributed by atoms with Gasteiger partial charge in [-0.15, -0.1) is 0 Å². The first kappa shape index (κ1) is 13.9. The van der Waals surface area contributed by atoms with Gasteiger partial charge in [-0.25, -0.2) is 0 Å². The van der Waals surface area contributed by atoms with Crippen LogP contribution < -0.4 is 5.43 Å². The molecule has 0 saturated heterocycles. The molecule has 4 heteroatoms. The SMILES string of the molecule is C/C(=N/Nc1cc(Cl)ccc1Cl)c1ccc(C)cc1. The maximum Gasteiger partial charge on any atom is 0.0762 e. The maximum atomic E-state index is 6.06. The number of nitrogens with zero attached hydrogens (tertiary/aromatic N) is 1. The molecule has 0 aliphatic carbocycles. The quantitative estimate of drug-likeness (QED) is 0.615. The lowest BCUT2D eigenvalue weighted by atomic mass is 10.1. The fourth-order valence-corrected chi connectivity index (χ4v) is 1.92. The molecule has 2 aromatic carbocycles. The van der Waals surface area contributed by atoms with Crippen LogP contribution in [0.5, 0.6) is 0 Å². The monoisotopic (exact) mass is 292 g/mol. The first-order valence-corrected chi connectivity index (χ1v) is 6.64. The smallest absolute Gasteiger partial charge is 0.0762 e. The van der Waals surface area contributed by atoms with Gasteiger partial charge in [0.25, 0.3) is 0 Å². The van der Waals surface area contributed by atoms with Crippen molar-refractivity contribution in [2.24, 2.45) is 5.10 Å². The molecule has 0 saturated carbocycles. The number of benzene rings is 2. The maximum absolute atomic E-state index is 6.06. The minimum atomic E-state index is 0.588. The topological polar surface area (TPSA) is 24.4 Å². The molecule has 0 aliphatic heterocycles. The van der Waals surface area contributed by atoms with Crippen molar-refractivity contribution in [2.75, 3.05) is 5.43 Å². The molecule has 0 spiro atoms. The largest absolute Gasteiger partial charge is 0.277 e. The van der Waals surface area contributed by atoms with Gasteiger partial charge in [0.15, 0.2) is 0 Å². The molecule has 1 N–H and O–H groups in total. The van der Waals surface area contributed by atoms with Crippen LogP contribution in [-0.2, 0) is 0 Å². The van der Waals surface area contributed by atoms with E-state index in [1.54, 1.807) is 18.2 Å². The number of rotatable bonds is 3. The molecule has 0 aromatic heterocycles. The summed E-state index contributed by atoms with van der Waals surface area (Å²) in [5.41, 5.74) is 6.81. The van der Waals surface area contributed by atoms with E-state index >= 15 is 0 Å². The van der Waals surface area contributed by atoms with Gasteiger partial charge < -0.3 is 0 Å². The number of halogens is 2. The third kappa shape index (κ3) is 3.72. The molecule has 0 unspecified atom stereocenters. The Morgan fingerprint density at radius 2 is 1.74 bits per heavy atom. The van der Waals surface area contributed by atoms with Crippen molar-refractivity contribution < 1.29 is 0 Å². The molecule has 2 rings (SSSR count). The van der Waals surface area contributed by atoms with E-state index in [1.807, 2.05) is 19.1 Å². The second-order valence-electron chi connectivity index (χ2n) is 4.30. The Bertz CT molecular complexity index is 604. The van der Waals surface area contributed by atoms with E-state index in [1.165, 1.54) is 5.56 Å². The summed E-state index contributed by atoms with van der Waals surface area (Å²) in [4.78, 5) is 0. The van der Waals surface area contributed by atoms with Crippen molar-refractivity contribution in [2.45, 2.75) is 13.8 Å². The molecule has 2 nitrogen and oxygen atoms in total. The minimum absolute atomic E-state index is 0.588. The van der Waals surface area contributed by atoms with Gasteiger partial charge in [0.1, 0.15) is 0 Å². The molecule has 0 fully saturated rings.